The topological polar surface area (TPSA) is 49.8 Å². The van der Waals surface area contributed by atoms with E-state index in [9.17, 15) is 9.90 Å². The molecule has 1 heterocycles. The zero-order chi connectivity index (χ0) is 13.1. The van der Waals surface area contributed by atoms with Crippen LogP contribution in [0.1, 0.15) is 40.5 Å². The molecule has 0 spiro atoms. The summed E-state index contributed by atoms with van der Waals surface area (Å²) in [6.07, 6.45) is 0.964. The summed E-state index contributed by atoms with van der Waals surface area (Å²) in [5.74, 6) is 5.47. The monoisotopic (exact) mass is 239 g/mol. The number of amides is 1. The molecule has 0 radical (unpaired) electrons. The van der Waals surface area contributed by atoms with Gasteiger partial charge in [0.05, 0.1) is 6.54 Å². The number of nitrogens with zero attached hydrogens (tertiary/aromatic N) is 1. The number of likely N-dealkylation sites (tertiary alicyclic amines) is 1. The fourth-order valence-corrected chi connectivity index (χ4v) is 1.85. The zero-order valence-electron chi connectivity index (χ0n) is 11.0. The summed E-state index contributed by atoms with van der Waals surface area (Å²) >= 11 is 0. The van der Waals surface area contributed by atoms with Crippen LogP contribution in [0.2, 0.25) is 0 Å². The molecular formula is C13H21NO3. The van der Waals surface area contributed by atoms with E-state index in [1.807, 2.05) is 20.8 Å². The Labute approximate surface area is 103 Å². The number of ether oxygens (including phenoxy) is 1. The van der Waals surface area contributed by atoms with Crippen LogP contribution in [0.4, 0.5) is 4.79 Å². The Morgan fingerprint density at radius 3 is 2.65 bits per heavy atom. The van der Waals surface area contributed by atoms with Crippen LogP contribution in [0.25, 0.3) is 0 Å². The van der Waals surface area contributed by atoms with Crippen LogP contribution in [0.5, 0.6) is 0 Å². The van der Waals surface area contributed by atoms with Crippen molar-refractivity contribution in [3.8, 4) is 11.8 Å². The lowest BCUT2D eigenvalue weighted by Crippen LogP contribution is -2.50. The Hall–Kier alpha value is -1.21. The molecular weight excluding hydrogens is 218 g/mol. The van der Waals surface area contributed by atoms with E-state index in [-0.39, 0.29) is 12.6 Å². The standard InChI is InChI=1S/C13H21NO3/c1-5-7-13(16)8-6-9-14(10-13)11(15)17-12(2,3)4/h16H,6,8-10H2,1-4H3. The lowest BCUT2D eigenvalue weighted by atomic mass is 9.94. The van der Waals surface area contributed by atoms with Gasteiger partial charge in [0, 0.05) is 6.54 Å². The Bertz CT molecular complexity index is 348. The fraction of sp³-hybridized carbons (Fsp3) is 0.769. The summed E-state index contributed by atoms with van der Waals surface area (Å²) in [5, 5.41) is 10.2. The molecule has 1 atom stereocenters. The van der Waals surface area contributed by atoms with Gasteiger partial charge in [0.1, 0.15) is 11.2 Å². The van der Waals surface area contributed by atoms with Gasteiger partial charge in [-0.25, -0.2) is 4.79 Å². The number of aliphatic hydroxyl groups is 1. The van der Waals surface area contributed by atoms with Gasteiger partial charge in [-0.2, -0.15) is 0 Å². The lowest BCUT2D eigenvalue weighted by Gasteiger charge is -2.36. The first-order valence-electron chi connectivity index (χ1n) is 5.90. The number of β-amino-alcohol motifs (C(OH)–C–C–N with tert-alkyl or cyclic N) is 1. The molecule has 1 aliphatic heterocycles. The molecule has 1 unspecified atom stereocenters. The van der Waals surface area contributed by atoms with Crippen LogP contribution in [-0.2, 0) is 4.74 Å². The van der Waals surface area contributed by atoms with Gasteiger partial charge in [0.15, 0.2) is 0 Å². The van der Waals surface area contributed by atoms with Gasteiger partial charge in [-0.3, -0.25) is 0 Å². The smallest absolute Gasteiger partial charge is 0.410 e. The summed E-state index contributed by atoms with van der Waals surface area (Å²) in [6, 6.07) is 0. The zero-order valence-corrected chi connectivity index (χ0v) is 11.0. The van der Waals surface area contributed by atoms with Crippen molar-refractivity contribution in [2.24, 2.45) is 0 Å². The molecule has 1 N–H and O–H groups in total. The average Bonchev–Trinajstić information content (AvgIpc) is 2.14. The fourth-order valence-electron chi connectivity index (χ4n) is 1.85. The third-order valence-electron chi connectivity index (χ3n) is 2.48. The molecule has 0 aromatic carbocycles. The van der Waals surface area contributed by atoms with Gasteiger partial charge in [-0.05, 0) is 40.5 Å². The van der Waals surface area contributed by atoms with Gasteiger partial charge in [0.2, 0.25) is 0 Å². The van der Waals surface area contributed by atoms with Crippen molar-refractivity contribution in [1.82, 2.24) is 4.90 Å². The Morgan fingerprint density at radius 1 is 1.47 bits per heavy atom. The van der Waals surface area contributed by atoms with Crippen LogP contribution in [0.15, 0.2) is 0 Å². The molecule has 0 aromatic rings. The normalized spacial score (nSPS) is 24.9. The molecule has 17 heavy (non-hydrogen) atoms. The number of carbonyl (C=O) groups excluding carboxylic acids is 1. The van der Waals surface area contributed by atoms with Gasteiger partial charge < -0.3 is 14.7 Å². The number of hydrogen-bond donors (Lipinski definition) is 1. The minimum Gasteiger partial charge on any atom is -0.444 e. The van der Waals surface area contributed by atoms with Crippen molar-refractivity contribution in [3.63, 3.8) is 0 Å². The summed E-state index contributed by atoms with van der Waals surface area (Å²) in [7, 11) is 0. The van der Waals surface area contributed by atoms with Crippen LogP contribution in [-0.4, -0.2) is 40.4 Å². The second kappa shape index (κ2) is 4.97. The van der Waals surface area contributed by atoms with Crippen molar-refractivity contribution < 1.29 is 14.6 Å². The van der Waals surface area contributed by atoms with Crippen LogP contribution < -0.4 is 0 Å². The molecule has 4 nitrogen and oxygen atoms in total. The quantitative estimate of drug-likeness (QED) is 0.655. The summed E-state index contributed by atoms with van der Waals surface area (Å²) in [6.45, 7) is 8.00. The molecule has 0 aromatic heterocycles. The highest BCUT2D eigenvalue weighted by atomic mass is 16.6. The third-order valence-corrected chi connectivity index (χ3v) is 2.48. The summed E-state index contributed by atoms with van der Waals surface area (Å²) < 4.78 is 5.28. The number of hydrogen-bond acceptors (Lipinski definition) is 3. The molecule has 0 bridgehead atoms. The SMILES string of the molecule is CC#CC1(O)CCCN(C(=O)OC(C)(C)C)C1. The molecule has 96 valence electrons. The molecule has 4 heteroatoms. The maximum atomic E-state index is 11.9. The average molecular weight is 239 g/mol. The summed E-state index contributed by atoms with van der Waals surface area (Å²) in [4.78, 5) is 13.4. The largest absolute Gasteiger partial charge is 0.444 e. The van der Waals surface area contributed by atoms with E-state index in [2.05, 4.69) is 11.8 Å². The van der Waals surface area contributed by atoms with Gasteiger partial charge in [0.25, 0.3) is 0 Å². The maximum Gasteiger partial charge on any atom is 0.410 e. The molecule has 1 aliphatic rings. The van der Waals surface area contributed by atoms with Gasteiger partial charge in [-0.1, -0.05) is 5.92 Å². The van der Waals surface area contributed by atoms with Crippen molar-refractivity contribution in [2.45, 2.75) is 51.7 Å². The second-order valence-electron chi connectivity index (χ2n) is 5.41. The lowest BCUT2D eigenvalue weighted by molar-refractivity contribution is -0.0153. The second-order valence-corrected chi connectivity index (χ2v) is 5.41. The van der Waals surface area contributed by atoms with Crippen LogP contribution >= 0.6 is 0 Å². The molecule has 0 aliphatic carbocycles. The Morgan fingerprint density at radius 2 is 2.12 bits per heavy atom. The van der Waals surface area contributed by atoms with Crippen molar-refractivity contribution in [1.29, 1.82) is 0 Å². The van der Waals surface area contributed by atoms with E-state index in [1.165, 1.54) is 4.90 Å². The van der Waals surface area contributed by atoms with Crippen LogP contribution in [0.3, 0.4) is 0 Å². The van der Waals surface area contributed by atoms with E-state index in [1.54, 1.807) is 6.92 Å². The summed E-state index contributed by atoms with van der Waals surface area (Å²) in [5.41, 5.74) is -1.59. The van der Waals surface area contributed by atoms with Crippen molar-refractivity contribution in [2.75, 3.05) is 13.1 Å². The molecule has 1 rings (SSSR count). The predicted molar refractivity (Wildman–Crippen MR) is 65.4 cm³/mol. The third kappa shape index (κ3) is 4.27. The van der Waals surface area contributed by atoms with Crippen molar-refractivity contribution >= 4 is 6.09 Å². The predicted octanol–water partition coefficient (Wildman–Crippen LogP) is 1.77. The van der Waals surface area contributed by atoms with E-state index in [4.69, 9.17) is 4.74 Å². The van der Waals surface area contributed by atoms with E-state index < -0.39 is 11.2 Å². The first kappa shape index (κ1) is 13.9. The minimum absolute atomic E-state index is 0.225. The highest BCUT2D eigenvalue weighted by molar-refractivity contribution is 5.68. The number of piperidine rings is 1. The first-order valence-corrected chi connectivity index (χ1v) is 5.90. The molecule has 1 fully saturated rings. The van der Waals surface area contributed by atoms with Crippen molar-refractivity contribution in [3.05, 3.63) is 0 Å². The van der Waals surface area contributed by atoms with E-state index in [0.717, 1.165) is 6.42 Å². The minimum atomic E-state index is -1.08. The molecule has 1 saturated heterocycles. The van der Waals surface area contributed by atoms with Gasteiger partial charge >= 0.3 is 6.09 Å². The van der Waals surface area contributed by atoms with E-state index in [0.29, 0.717) is 13.0 Å². The highest BCUT2D eigenvalue weighted by Crippen LogP contribution is 2.22. The van der Waals surface area contributed by atoms with E-state index >= 15 is 0 Å². The highest BCUT2D eigenvalue weighted by Gasteiger charge is 2.35. The molecule has 0 saturated carbocycles. The van der Waals surface area contributed by atoms with Crippen LogP contribution in [0, 0.1) is 11.8 Å². The Balaban J connectivity index is 2.66. The first-order chi connectivity index (χ1) is 7.76. The Kier molecular flexibility index (Phi) is 4.05. The number of carbonyl (C=O) groups is 1. The molecule has 1 amide bonds. The maximum absolute atomic E-state index is 11.9. The van der Waals surface area contributed by atoms with Gasteiger partial charge in [-0.15, -0.1) is 5.92 Å². The number of rotatable bonds is 0.